The predicted octanol–water partition coefficient (Wildman–Crippen LogP) is 4.60. The Hall–Kier alpha value is -2.73. The zero-order chi connectivity index (χ0) is 15.9. The predicted molar refractivity (Wildman–Crippen MR) is 85.3 cm³/mol. The maximum Gasteiger partial charge on any atom is 0.237 e. The van der Waals surface area contributed by atoms with Crippen molar-refractivity contribution in [3.05, 3.63) is 52.5 Å². The van der Waals surface area contributed by atoms with E-state index in [0.717, 1.165) is 0 Å². The van der Waals surface area contributed by atoms with E-state index in [0.29, 0.717) is 27.2 Å². The van der Waals surface area contributed by atoms with E-state index in [1.807, 2.05) is 0 Å². The van der Waals surface area contributed by atoms with Crippen molar-refractivity contribution in [2.75, 3.05) is 5.43 Å². The van der Waals surface area contributed by atoms with Crippen LogP contribution in [0, 0.1) is 22.7 Å². The molecular weight excluding hydrogens is 323 g/mol. The van der Waals surface area contributed by atoms with E-state index in [4.69, 9.17) is 38.5 Å². The third-order valence-corrected chi connectivity index (χ3v) is 2.97. The second-order valence-corrected chi connectivity index (χ2v) is 4.87. The number of hydrazone groups is 1. The van der Waals surface area contributed by atoms with Gasteiger partial charge in [-0.3, -0.25) is 5.43 Å². The van der Waals surface area contributed by atoms with E-state index < -0.39 is 0 Å². The van der Waals surface area contributed by atoms with Gasteiger partial charge in [0.15, 0.2) is 5.75 Å². The Labute approximate surface area is 137 Å². The Morgan fingerprint density at radius 3 is 2.27 bits per heavy atom. The maximum atomic E-state index is 8.68. The molecule has 108 valence electrons. The van der Waals surface area contributed by atoms with Crippen molar-refractivity contribution in [2.45, 2.75) is 0 Å². The van der Waals surface area contributed by atoms with Crippen molar-refractivity contribution in [3.63, 3.8) is 0 Å². The molecular formula is C15H8Cl2N4O. The molecule has 1 N–H and O–H groups in total. The maximum absolute atomic E-state index is 8.68. The first-order valence-corrected chi connectivity index (χ1v) is 6.75. The molecule has 0 fully saturated rings. The minimum absolute atomic E-state index is 0.308. The average Bonchev–Trinajstić information content (AvgIpc) is 2.53. The fourth-order valence-electron chi connectivity index (χ4n) is 1.50. The Kier molecular flexibility index (Phi) is 5.21. The van der Waals surface area contributed by atoms with Crippen molar-refractivity contribution in [1.82, 2.24) is 0 Å². The van der Waals surface area contributed by atoms with Gasteiger partial charge in [-0.2, -0.15) is 15.6 Å². The van der Waals surface area contributed by atoms with Crippen molar-refractivity contribution in [1.29, 1.82) is 10.5 Å². The topological polar surface area (TPSA) is 81.2 Å². The smallest absolute Gasteiger partial charge is 0.237 e. The van der Waals surface area contributed by atoms with E-state index >= 15 is 0 Å². The Bertz CT molecular complexity index is 773. The number of hydrogen-bond donors (Lipinski definition) is 1. The van der Waals surface area contributed by atoms with Crippen molar-refractivity contribution >= 4 is 34.6 Å². The zero-order valence-electron chi connectivity index (χ0n) is 11.0. The Morgan fingerprint density at radius 1 is 1.00 bits per heavy atom. The SMILES string of the molecule is N#CC(C#N)=NNc1cc(Cl)ccc1Oc1ccc(Cl)cc1. The molecule has 0 atom stereocenters. The molecule has 0 saturated heterocycles. The normalized spacial score (nSPS) is 9.27. The minimum Gasteiger partial charge on any atom is -0.455 e. The Morgan fingerprint density at radius 2 is 1.64 bits per heavy atom. The molecule has 5 nitrogen and oxygen atoms in total. The number of nitrogens with one attached hydrogen (secondary N) is 1. The lowest BCUT2D eigenvalue weighted by Crippen LogP contribution is -1.98. The van der Waals surface area contributed by atoms with Crippen LogP contribution in [-0.2, 0) is 0 Å². The van der Waals surface area contributed by atoms with Gasteiger partial charge < -0.3 is 4.74 Å². The van der Waals surface area contributed by atoms with Crippen molar-refractivity contribution in [3.8, 4) is 23.6 Å². The molecule has 0 amide bonds. The van der Waals surface area contributed by atoms with Crippen LogP contribution in [0.2, 0.25) is 10.0 Å². The number of benzene rings is 2. The van der Waals surface area contributed by atoms with Crippen molar-refractivity contribution < 1.29 is 4.74 Å². The summed E-state index contributed by atoms with van der Waals surface area (Å²) in [6, 6.07) is 15.0. The summed E-state index contributed by atoms with van der Waals surface area (Å²) >= 11 is 11.8. The summed E-state index contributed by atoms with van der Waals surface area (Å²) in [5, 5.41) is 22.1. The third kappa shape index (κ3) is 4.13. The number of nitrogens with zero attached hydrogens (tertiary/aromatic N) is 3. The molecule has 0 saturated carbocycles. The second kappa shape index (κ2) is 7.33. The lowest BCUT2D eigenvalue weighted by Gasteiger charge is -2.11. The molecule has 2 aromatic carbocycles. The number of anilines is 1. The van der Waals surface area contributed by atoms with E-state index in [1.54, 1.807) is 54.6 Å². The van der Waals surface area contributed by atoms with Crippen LogP contribution in [0.5, 0.6) is 11.5 Å². The summed E-state index contributed by atoms with van der Waals surface area (Å²) in [6.45, 7) is 0. The van der Waals surface area contributed by atoms with E-state index in [-0.39, 0.29) is 5.71 Å². The highest BCUT2D eigenvalue weighted by molar-refractivity contribution is 6.31. The highest BCUT2D eigenvalue weighted by Gasteiger charge is 2.06. The van der Waals surface area contributed by atoms with E-state index in [2.05, 4.69) is 10.5 Å². The van der Waals surface area contributed by atoms with Gasteiger partial charge in [0.05, 0.1) is 0 Å². The van der Waals surface area contributed by atoms with Gasteiger partial charge in [-0.15, -0.1) is 0 Å². The molecule has 0 radical (unpaired) electrons. The van der Waals surface area contributed by atoms with Crippen LogP contribution < -0.4 is 10.2 Å². The molecule has 0 bridgehead atoms. The van der Waals surface area contributed by atoms with Crippen LogP contribution in [0.25, 0.3) is 0 Å². The van der Waals surface area contributed by atoms with Crippen molar-refractivity contribution in [2.24, 2.45) is 5.10 Å². The van der Waals surface area contributed by atoms with Gasteiger partial charge >= 0.3 is 0 Å². The summed E-state index contributed by atoms with van der Waals surface area (Å²) in [4.78, 5) is 0. The lowest BCUT2D eigenvalue weighted by molar-refractivity contribution is 0.484. The second-order valence-electron chi connectivity index (χ2n) is 3.99. The molecule has 22 heavy (non-hydrogen) atoms. The fraction of sp³-hybridized carbons (Fsp3) is 0. The van der Waals surface area contributed by atoms with Gasteiger partial charge in [-0.05, 0) is 42.5 Å². The molecule has 0 heterocycles. The van der Waals surface area contributed by atoms with Gasteiger partial charge in [0.25, 0.3) is 0 Å². The first-order chi connectivity index (χ1) is 10.6. The van der Waals surface area contributed by atoms with E-state index in [1.165, 1.54) is 0 Å². The van der Waals surface area contributed by atoms with Crippen LogP contribution in [-0.4, -0.2) is 5.71 Å². The van der Waals surface area contributed by atoms with Gasteiger partial charge in [0.2, 0.25) is 5.71 Å². The van der Waals surface area contributed by atoms with Crippen LogP contribution >= 0.6 is 23.2 Å². The highest BCUT2D eigenvalue weighted by atomic mass is 35.5. The summed E-state index contributed by atoms with van der Waals surface area (Å²) < 4.78 is 5.70. The summed E-state index contributed by atoms with van der Waals surface area (Å²) in [6.07, 6.45) is 0. The van der Waals surface area contributed by atoms with Gasteiger partial charge in [0, 0.05) is 10.0 Å². The van der Waals surface area contributed by atoms with Gasteiger partial charge in [-0.1, -0.05) is 23.2 Å². The molecule has 7 heteroatoms. The molecule has 0 aliphatic rings. The monoisotopic (exact) mass is 330 g/mol. The van der Waals surface area contributed by atoms with E-state index in [9.17, 15) is 0 Å². The summed E-state index contributed by atoms with van der Waals surface area (Å²) in [5.74, 6) is 1.00. The first kappa shape index (κ1) is 15.7. The molecule has 0 spiro atoms. The molecule has 0 aromatic heterocycles. The van der Waals surface area contributed by atoms with Crippen LogP contribution in [0.3, 0.4) is 0 Å². The first-order valence-electron chi connectivity index (χ1n) is 5.99. The summed E-state index contributed by atoms with van der Waals surface area (Å²) in [5.41, 5.74) is 2.71. The number of halogens is 2. The quantitative estimate of drug-likeness (QED) is 0.656. The number of hydrogen-bond acceptors (Lipinski definition) is 5. The van der Waals surface area contributed by atoms with Crippen LogP contribution in [0.1, 0.15) is 0 Å². The molecule has 2 rings (SSSR count). The summed E-state index contributed by atoms with van der Waals surface area (Å²) in [7, 11) is 0. The standard InChI is InChI=1S/C15H8Cl2N4O/c16-10-1-4-13(5-2-10)22-15-6-3-11(17)7-14(15)21-20-12(8-18)9-19/h1-7,21H. The van der Waals surface area contributed by atoms with Crippen LogP contribution in [0.15, 0.2) is 47.6 Å². The largest absolute Gasteiger partial charge is 0.455 e. The van der Waals surface area contributed by atoms with Gasteiger partial charge in [0.1, 0.15) is 23.6 Å². The Balaban J connectivity index is 2.28. The molecule has 0 aliphatic carbocycles. The average molecular weight is 331 g/mol. The fourth-order valence-corrected chi connectivity index (χ4v) is 1.80. The van der Waals surface area contributed by atoms with Crippen LogP contribution in [0.4, 0.5) is 5.69 Å². The number of ether oxygens (including phenoxy) is 1. The molecule has 0 unspecified atom stereocenters. The lowest BCUT2D eigenvalue weighted by atomic mass is 10.3. The third-order valence-electron chi connectivity index (χ3n) is 2.48. The molecule has 0 aliphatic heterocycles. The highest BCUT2D eigenvalue weighted by Crippen LogP contribution is 2.32. The number of rotatable bonds is 4. The molecule has 2 aromatic rings. The number of nitriles is 2. The zero-order valence-corrected chi connectivity index (χ0v) is 12.6. The minimum atomic E-state index is -0.308. The van der Waals surface area contributed by atoms with Gasteiger partial charge in [-0.25, -0.2) is 0 Å².